The van der Waals surface area contributed by atoms with Gasteiger partial charge in [-0.1, -0.05) is 22.1 Å². The van der Waals surface area contributed by atoms with Gasteiger partial charge < -0.3 is 9.84 Å². The van der Waals surface area contributed by atoms with Crippen LogP contribution in [-0.2, 0) is 32.8 Å². The van der Waals surface area contributed by atoms with Crippen LogP contribution in [0.25, 0.3) is 16.4 Å². The average molecular weight is 610 g/mol. The Hall–Kier alpha value is -3.76. The first-order valence-corrected chi connectivity index (χ1v) is 15.7. The largest absolute Gasteiger partial charge is 0.476 e. The fraction of sp³-hybridized carbons (Fsp3) is 0.300. The zero-order valence-corrected chi connectivity index (χ0v) is 24.1. The summed E-state index contributed by atoms with van der Waals surface area (Å²) in [6.07, 6.45) is 3.83. The molecule has 1 saturated heterocycles. The first-order valence-electron chi connectivity index (χ1n) is 13.5. The summed E-state index contributed by atoms with van der Waals surface area (Å²) < 4.78 is 48.4. The molecule has 2 aromatic carbocycles. The summed E-state index contributed by atoms with van der Waals surface area (Å²) >= 11 is 1.16. The smallest absolute Gasteiger partial charge is 0.355 e. The van der Waals surface area contributed by atoms with Crippen molar-refractivity contribution in [1.82, 2.24) is 14.8 Å². The number of carboxylic acid groups (broad SMARTS) is 1. The van der Waals surface area contributed by atoms with E-state index in [-0.39, 0.29) is 28.5 Å². The molecule has 1 aliphatic heterocycles. The Morgan fingerprint density at radius 3 is 2.69 bits per heavy atom. The highest BCUT2D eigenvalue weighted by Gasteiger charge is 2.30. The van der Waals surface area contributed by atoms with E-state index in [2.05, 4.69) is 16.8 Å². The number of thiazole rings is 1. The lowest BCUT2D eigenvalue weighted by Crippen LogP contribution is -2.07. The first-order chi connectivity index (χ1) is 20.3. The van der Waals surface area contributed by atoms with E-state index in [0.29, 0.717) is 47.5 Å². The van der Waals surface area contributed by atoms with Crippen LogP contribution in [0.2, 0.25) is 0 Å². The SMILES string of the molecule is N[SH+](=O)c1ccc(Cc2c(-c3ccc(F)c(C#CC4CCOC4)c3)nn(-c3nc(C(=O)O)cs3)c2CC2CC2)cc1F. The second-order valence-corrected chi connectivity index (χ2v) is 12.4. The molecule has 2 fully saturated rings. The van der Waals surface area contributed by atoms with Crippen LogP contribution in [0.5, 0.6) is 0 Å². The van der Waals surface area contributed by atoms with Crippen LogP contribution in [-0.4, -0.2) is 39.1 Å². The van der Waals surface area contributed by atoms with Crippen molar-refractivity contribution in [2.75, 3.05) is 13.2 Å². The van der Waals surface area contributed by atoms with Gasteiger partial charge in [0.05, 0.1) is 23.6 Å². The summed E-state index contributed by atoms with van der Waals surface area (Å²) in [7, 11) is -2.34. The number of nitrogens with two attached hydrogens (primary N) is 1. The van der Waals surface area contributed by atoms with E-state index in [1.165, 1.54) is 23.6 Å². The minimum atomic E-state index is -2.34. The fourth-order valence-electron chi connectivity index (χ4n) is 4.97. The van der Waals surface area contributed by atoms with E-state index in [1.807, 2.05) is 0 Å². The molecule has 2 aromatic heterocycles. The maximum atomic E-state index is 14.9. The third-order valence-electron chi connectivity index (χ3n) is 7.37. The number of hydrogen-bond donors (Lipinski definition) is 2. The van der Waals surface area contributed by atoms with Gasteiger partial charge in [-0.2, -0.15) is 5.10 Å². The third-order valence-corrected chi connectivity index (χ3v) is 9.03. The minimum absolute atomic E-state index is 0.0443. The molecule has 0 spiro atoms. The number of nitrogens with zero attached hydrogens (tertiary/aromatic N) is 3. The van der Waals surface area contributed by atoms with Crippen molar-refractivity contribution in [3.63, 3.8) is 0 Å². The molecule has 0 bridgehead atoms. The minimum Gasteiger partial charge on any atom is -0.476 e. The zero-order valence-electron chi connectivity index (χ0n) is 22.3. The Morgan fingerprint density at radius 1 is 1.19 bits per heavy atom. The summed E-state index contributed by atoms with van der Waals surface area (Å²) in [6, 6.07) is 9.05. The first kappa shape index (κ1) is 28.4. The summed E-state index contributed by atoms with van der Waals surface area (Å²) in [5, 5.41) is 21.7. The highest BCUT2D eigenvalue weighted by atomic mass is 32.2. The zero-order chi connectivity index (χ0) is 29.4. The van der Waals surface area contributed by atoms with Gasteiger partial charge in [0, 0.05) is 35.5 Å². The average Bonchev–Trinajstić information content (AvgIpc) is 3.30. The number of carboxylic acids is 1. The molecule has 3 N–H and O–H groups in total. The number of aromatic carboxylic acids is 1. The molecule has 4 aromatic rings. The number of benzene rings is 2. The van der Waals surface area contributed by atoms with E-state index in [4.69, 9.17) is 15.0 Å². The van der Waals surface area contributed by atoms with Crippen molar-refractivity contribution in [2.45, 2.75) is 37.0 Å². The van der Waals surface area contributed by atoms with E-state index >= 15 is 0 Å². The van der Waals surface area contributed by atoms with E-state index < -0.39 is 28.6 Å². The molecule has 2 aliphatic rings. The van der Waals surface area contributed by atoms with Crippen molar-refractivity contribution in [3.05, 3.63) is 81.5 Å². The second kappa shape index (κ2) is 11.9. The Bertz CT molecular complexity index is 1760. The molecule has 0 radical (unpaired) electrons. The second-order valence-electron chi connectivity index (χ2n) is 10.5. The van der Waals surface area contributed by atoms with Gasteiger partial charge >= 0.3 is 5.97 Å². The molecule has 1 saturated carbocycles. The van der Waals surface area contributed by atoms with Crippen molar-refractivity contribution in [3.8, 4) is 28.2 Å². The standard InChI is InChI=1S/C30H26F2N4O4S2/c31-23-7-6-21(14-20(23)5-3-18-9-10-40-15-18)28-22(11-19-4-8-27(42(33)39)24(32)12-19)26(13-17-1-2-17)36(35-28)30-34-25(16-41-30)29(37)38/h4,6-8,12,14,16-18H,1-2,9-11,13,15H2,(H2,33,39)(H,37,38)/p+1. The van der Waals surface area contributed by atoms with Crippen LogP contribution < -0.4 is 5.14 Å². The van der Waals surface area contributed by atoms with Gasteiger partial charge in [-0.15, -0.1) is 16.5 Å². The molecule has 1 aliphatic carbocycles. The predicted octanol–water partition coefficient (Wildman–Crippen LogP) is 4.83. The topological polar surface area (TPSA) is 120 Å². The summed E-state index contributed by atoms with van der Waals surface area (Å²) in [5.41, 5.74) is 3.52. The Morgan fingerprint density at radius 2 is 2.02 bits per heavy atom. The third kappa shape index (κ3) is 6.05. The van der Waals surface area contributed by atoms with Crippen LogP contribution in [0.4, 0.5) is 8.78 Å². The number of halogens is 2. The van der Waals surface area contributed by atoms with E-state index in [0.717, 1.165) is 41.9 Å². The molecule has 12 heteroatoms. The van der Waals surface area contributed by atoms with Crippen LogP contribution >= 0.6 is 11.3 Å². The summed E-state index contributed by atoms with van der Waals surface area (Å²) in [4.78, 5) is 15.8. The van der Waals surface area contributed by atoms with E-state index in [1.54, 1.807) is 22.9 Å². The molecule has 8 nitrogen and oxygen atoms in total. The molecule has 3 heterocycles. The maximum Gasteiger partial charge on any atom is 0.355 e. The lowest BCUT2D eigenvalue weighted by Gasteiger charge is -2.09. The van der Waals surface area contributed by atoms with Gasteiger partial charge in [-0.3, -0.25) is 0 Å². The molecular formula is C30H27F2N4O4S2+. The maximum absolute atomic E-state index is 14.9. The quantitative estimate of drug-likeness (QED) is 0.168. The predicted molar refractivity (Wildman–Crippen MR) is 155 cm³/mol. The number of rotatable bonds is 8. The lowest BCUT2D eigenvalue weighted by molar-refractivity contribution is 0.0691. The molecule has 0 amide bonds. The Kier molecular flexibility index (Phi) is 8.00. The highest BCUT2D eigenvalue weighted by molar-refractivity contribution is 7.82. The van der Waals surface area contributed by atoms with Gasteiger partial charge in [0.2, 0.25) is 10.0 Å². The van der Waals surface area contributed by atoms with Gasteiger partial charge in [-0.25, -0.2) is 23.2 Å². The number of hydrogen-bond acceptors (Lipinski definition) is 6. The Balaban J connectivity index is 1.49. The van der Waals surface area contributed by atoms with Crippen molar-refractivity contribution in [1.29, 1.82) is 0 Å². The normalized spacial score (nSPS) is 17.2. The van der Waals surface area contributed by atoms with Gasteiger partial charge in [0.1, 0.15) is 5.82 Å². The van der Waals surface area contributed by atoms with Crippen molar-refractivity contribution in [2.24, 2.45) is 17.0 Å². The van der Waals surface area contributed by atoms with Gasteiger partial charge in [-0.05, 0) is 67.5 Å². The molecule has 2 unspecified atom stereocenters. The molecule has 6 rings (SSSR count). The summed E-state index contributed by atoms with van der Waals surface area (Å²) in [6.45, 7) is 1.16. The summed E-state index contributed by atoms with van der Waals surface area (Å²) in [5.74, 6) is 4.28. The fourth-order valence-corrected chi connectivity index (χ4v) is 6.23. The lowest BCUT2D eigenvalue weighted by atomic mass is 9.96. The molecule has 42 heavy (non-hydrogen) atoms. The number of carbonyl (C=O) groups is 1. The van der Waals surface area contributed by atoms with Crippen molar-refractivity contribution < 1.29 is 27.6 Å². The van der Waals surface area contributed by atoms with Crippen LogP contribution in [0.1, 0.15) is 52.1 Å². The Labute approximate surface area is 247 Å². The monoisotopic (exact) mass is 609 g/mol. The van der Waals surface area contributed by atoms with Gasteiger partial charge in [0.25, 0.3) is 0 Å². The van der Waals surface area contributed by atoms with Crippen LogP contribution in [0.15, 0.2) is 46.7 Å². The van der Waals surface area contributed by atoms with Crippen LogP contribution in [0.3, 0.4) is 0 Å². The molecule has 2 atom stereocenters. The highest BCUT2D eigenvalue weighted by Crippen LogP contribution is 2.38. The molecule has 216 valence electrons. The number of thiol groups is 1. The van der Waals surface area contributed by atoms with Crippen molar-refractivity contribution >= 4 is 28.3 Å². The van der Waals surface area contributed by atoms with Crippen LogP contribution in [0, 0.1) is 35.3 Å². The van der Waals surface area contributed by atoms with Gasteiger partial charge in [0.15, 0.2) is 22.5 Å². The molecular weight excluding hydrogens is 582 g/mol. The number of ether oxygens (including phenoxy) is 1. The number of aromatic nitrogens is 3. The van der Waals surface area contributed by atoms with E-state index in [9.17, 15) is 22.9 Å².